The molecule has 1 rings (SSSR count). The molecule has 0 aromatic carbocycles. The lowest BCUT2D eigenvalue weighted by atomic mass is 9.90. The van der Waals surface area contributed by atoms with Crippen molar-refractivity contribution in [2.75, 3.05) is 0 Å². The van der Waals surface area contributed by atoms with E-state index in [0.29, 0.717) is 11.3 Å². The second-order valence-electron chi connectivity index (χ2n) is 4.80. The van der Waals surface area contributed by atoms with Crippen molar-refractivity contribution in [2.24, 2.45) is 11.3 Å². The van der Waals surface area contributed by atoms with Crippen molar-refractivity contribution in [2.45, 2.75) is 59.0 Å². The molecule has 1 nitrogen and oxygen atoms in total. The highest BCUT2D eigenvalue weighted by atomic mass is 16.3. The fourth-order valence-corrected chi connectivity index (χ4v) is 1.81. The first-order valence-corrected chi connectivity index (χ1v) is 5.26. The molecular formula is C11H22O. The Morgan fingerprint density at radius 1 is 1.42 bits per heavy atom. The summed E-state index contributed by atoms with van der Waals surface area (Å²) in [5, 5.41) is 9.85. The van der Waals surface area contributed by atoms with Crippen molar-refractivity contribution < 1.29 is 5.11 Å². The molecular weight excluding hydrogens is 148 g/mol. The van der Waals surface area contributed by atoms with Gasteiger partial charge in [0.2, 0.25) is 0 Å². The van der Waals surface area contributed by atoms with Gasteiger partial charge in [-0.2, -0.15) is 0 Å². The van der Waals surface area contributed by atoms with E-state index in [1.165, 1.54) is 25.7 Å². The molecule has 0 bridgehead atoms. The van der Waals surface area contributed by atoms with Gasteiger partial charge < -0.3 is 5.11 Å². The minimum absolute atomic E-state index is 0.0425. The molecule has 0 aromatic heterocycles. The van der Waals surface area contributed by atoms with Crippen LogP contribution in [0.2, 0.25) is 0 Å². The number of hydrogen-bond donors (Lipinski definition) is 1. The van der Waals surface area contributed by atoms with Gasteiger partial charge >= 0.3 is 0 Å². The van der Waals surface area contributed by atoms with Gasteiger partial charge in [0.15, 0.2) is 0 Å². The number of hydrogen-bond acceptors (Lipinski definition) is 1. The molecule has 1 aliphatic carbocycles. The van der Waals surface area contributed by atoms with Gasteiger partial charge in [0.1, 0.15) is 0 Å². The Morgan fingerprint density at radius 2 is 2.00 bits per heavy atom. The molecule has 12 heavy (non-hydrogen) atoms. The lowest BCUT2D eigenvalue weighted by molar-refractivity contribution is 0.0779. The first-order chi connectivity index (χ1) is 5.58. The van der Waals surface area contributed by atoms with E-state index >= 15 is 0 Å². The molecule has 0 spiro atoms. The summed E-state index contributed by atoms with van der Waals surface area (Å²) in [5.74, 6) is 0.697. The van der Waals surface area contributed by atoms with Crippen LogP contribution in [-0.4, -0.2) is 11.2 Å². The first-order valence-electron chi connectivity index (χ1n) is 5.26. The molecule has 0 aromatic rings. The highest BCUT2D eigenvalue weighted by molar-refractivity contribution is 4.95. The maximum absolute atomic E-state index is 9.85. The van der Waals surface area contributed by atoms with E-state index in [1.54, 1.807) is 0 Å². The largest absolute Gasteiger partial charge is 0.393 e. The molecule has 0 saturated heterocycles. The van der Waals surface area contributed by atoms with Crippen LogP contribution in [-0.2, 0) is 0 Å². The lowest BCUT2D eigenvalue weighted by Crippen LogP contribution is -2.21. The van der Waals surface area contributed by atoms with Crippen LogP contribution in [0.4, 0.5) is 0 Å². The summed E-state index contributed by atoms with van der Waals surface area (Å²) in [5.41, 5.74) is 0.294. The molecule has 2 unspecified atom stereocenters. The zero-order valence-electron chi connectivity index (χ0n) is 8.64. The van der Waals surface area contributed by atoms with E-state index in [2.05, 4.69) is 20.8 Å². The Labute approximate surface area is 76.2 Å². The minimum Gasteiger partial charge on any atom is -0.393 e. The molecule has 0 heterocycles. The van der Waals surface area contributed by atoms with Gasteiger partial charge in [0.25, 0.3) is 0 Å². The predicted octanol–water partition coefficient (Wildman–Crippen LogP) is 2.97. The molecule has 1 saturated carbocycles. The normalized spacial score (nSPS) is 25.0. The van der Waals surface area contributed by atoms with Crippen LogP contribution in [0.15, 0.2) is 0 Å². The van der Waals surface area contributed by atoms with Crippen molar-refractivity contribution >= 4 is 0 Å². The van der Waals surface area contributed by atoms with E-state index in [4.69, 9.17) is 0 Å². The van der Waals surface area contributed by atoms with Crippen LogP contribution in [0, 0.1) is 11.3 Å². The fourth-order valence-electron chi connectivity index (χ4n) is 1.81. The van der Waals surface area contributed by atoms with E-state index in [1.807, 2.05) is 0 Å². The first kappa shape index (κ1) is 10.0. The molecule has 1 aliphatic rings. The van der Waals surface area contributed by atoms with Crippen LogP contribution in [0.5, 0.6) is 0 Å². The summed E-state index contributed by atoms with van der Waals surface area (Å²) < 4.78 is 0. The fraction of sp³-hybridized carbons (Fsp3) is 1.00. The van der Waals surface area contributed by atoms with E-state index in [-0.39, 0.29) is 6.10 Å². The smallest absolute Gasteiger partial charge is 0.0596 e. The van der Waals surface area contributed by atoms with Crippen LogP contribution in [0.3, 0.4) is 0 Å². The molecule has 0 aliphatic heterocycles. The number of rotatable bonds is 5. The maximum atomic E-state index is 9.85. The lowest BCUT2D eigenvalue weighted by Gasteiger charge is -2.21. The highest BCUT2D eigenvalue weighted by Gasteiger charge is 2.44. The average Bonchev–Trinajstić information content (AvgIpc) is 2.69. The Balaban J connectivity index is 2.21. The summed E-state index contributed by atoms with van der Waals surface area (Å²) in [6.45, 7) is 6.66. The average molecular weight is 170 g/mol. The molecule has 72 valence electrons. The molecule has 1 N–H and O–H groups in total. The summed E-state index contributed by atoms with van der Waals surface area (Å²) in [7, 11) is 0. The van der Waals surface area contributed by atoms with Crippen LogP contribution >= 0.6 is 0 Å². The van der Waals surface area contributed by atoms with Gasteiger partial charge in [0, 0.05) is 0 Å². The minimum atomic E-state index is -0.0425. The van der Waals surface area contributed by atoms with Crippen LogP contribution in [0.1, 0.15) is 52.9 Å². The van der Waals surface area contributed by atoms with Crippen molar-refractivity contribution in [1.82, 2.24) is 0 Å². The van der Waals surface area contributed by atoms with Gasteiger partial charge in [0.05, 0.1) is 6.10 Å². The van der Waals surface area contributed by atoms with Gasteiger partial charge in [-0.25, -0.2) is 0 Å². The quantitative estimate of drug-likeness (QED) is 0.672. The summed E-state index contributed by atoms with van der Waals surface area (Å²) >= 11 is 0. The summed E-state index contributed by atoms with van der Waals surface area (Å²) in [6.07, 6.45) is 5.92. The summed E-state index contributed by atoms with van der Waals surface area (Å²) in [6, 6.07) is 0. The summed E-state index contributed by atoms with van der Waals surface area (Å²) in [4.78, 5) is 0. The maximum Gasteiger partial charge on any atom is 0.0596 e. The van der Waals surface area contributed by atoms with Crippen molar-refractivity contribution in [3.05, 3.63) is 0 Å². The molecule has 0 amide bonds. The van der Waals surface area contributed by atoms with E-state index < -0.39 is 0 Å². The topological polar surface area (TPSA) is 20.2 Å². The molecule has 0 radical (unpaired) electrons. The third-order valence-electron chi connectivity index (χ3n) is 3.25. The van der Waals surface area contributed by atoms with Gasteiger partial charge in [-0.3, -0.25) is 0 Å². The zero-order chi connectivity index (χ0) is 9.19. The Kier molecular flexibility index (Phi) is 3.16. The molecule has 2 atom stereocenters. The monoisotopic (exact) mass is 170 g/mol. The third-order valence-corrected chi connectivity index (χ3v) is 3.25. The van der Waals surface area contributed by atoms with Crippen LogP contribution < -0.4 is 0 Å². The van der Waals surface area contributed by atoms with E-state index in [0.717, 1.165) is 6.42 Å². The van der Waals surface area contributed by atoms with Crippen molar-refractivity contribution in [1.29, 1.82) is 0 Å². The SMILES string of the molecule is CCCC(C)CC(O)C1(C)CC1. The Hall–Kier alpha value is -0.0400. The highest BCUT2D eigenvalue weighted by Crippen LogP contribution is 2.49. The molecule has 1 fully saturated rings. The van der Waals surface area contributed by atoms with Gasteiger partial charge in [-0.05, 0) is 30.6 Å². The number of aliphatic hydroxyl groups excluding tert-OH is 1. The van der Waals surface area contributed by atoms with Gasteiger partial charge in [-0.15, -0.1) is 0 Å². The predicted molar refractivity (Wildman–Crippen MR) is 52.0 cm³/mol. The second kappa shape index (κ2) is 3.78. The Bertz CT molecular complexity index is 138. The van der Waals surface area contributed by atoms with Crippen LogP contribution in [0.25, 0.3) is 0 Å². The van der Waals surface area contributed by atoms with Crippen molar-refractivity contribution in [3.8, 4) is 0 Å². The molecule has 1 heteroatoms. The standard InChI is InChI=1S/C11H22O/c1-4-5-9(2)8-10(12)11(3)6-7-11/h9-10,12H,4-8H2,1-3H3. The van der Waals surface area contributed by atoms with Gasteiger partial charge in [-0.1, -0.05) is 33.6 Å². The Morgan fingerprint density at radius 3 is 2.42 bits per heavy atom. The zero-order valence-corrected chi connectivity index (χ0v) is 8.64. The van der Waals surface area contributed by atoms with Crippen molar-refractivity contribution in [3.63, 3.8) is 0 Å². The number of aliphatic hydroxyl groups is 1. The second-order valence-corrected chi connectivity index (χ2v) is 4.80. The third kappa shape index (κ3) is 2.48. The van der Waals surface area contributed by atoms with E-state index in [9.17, 15) is 5.11 Å².